The summed E-state index contributed by atoms with van der Waals surface area (Å²) in [5, 5.41) is 4.71. The van der Waals surface area contributed by atoms with Gasteiger partial charge < -0.3 is 4.90 Å². The van der Waals surface area contributed by atoms with E-state index in [1.807, 2.05) is 29.2 Å². The Morgan fingerprint density at radius 2 is 1.85 bits per heavy atom. The van der Waals surface area contributed by atoms with Crippen molar-refractivity contribution in [2.75, 3.05) is 18.8 Å². The van der Waals surface area contributed by atoms with Crippen LogP contribution >= 0.6 is 34.7 Å². The summed E-state index contributed by atoms with van der Waals surface area (Å²) in [7, 11) is 0. The lowest BCUT2D eigenvalue weighted by Gasteiger charge is -2.19. The fourth-order valence-electron chi connectivity index (χ4n) is 3.34. The molecule has 0 radical (unpaired) electrons. The molecule has 0 unspecified atom stereocenters. The molecule has 0 spiro atoms. The smallest absolute Gasteiger partial charge is 0.232 e. The first-order chi connectivity index (χ1) is 13.2. The fraction of sp³-hybridized carbons (Fsp3) is 0.350. The highest BCUT2D eigenvalue weighted by molar-refractivity contribution is 8.00. The van der Waals surface area contributed by atoms with Gasteiger partial charge in [-0.05, 0) is 30.5 Å². The first-order valence-electron chi connectivity index (χ1n) is 9.11. The van der Waals surface area contributed by atoms with E-state index in [0.29, 0.717) is 10.8 Å². The number of halogens is 1. The molecule has 3 aromatic rings. The van der Waals surface area contributed by atoms with E-state index in [9.17, 15) is 4.79 Å². The van der Waals surface area contributed by atoms with Crippen LogP contribution in [0.15, 0.2) is 41.0 Å². The molecule has 4 rings (SSSR count). The van der Waals surface area contributed by atoms with Gasteiger partial charge in [-0.25, -0.2) is 9.97 Å². The van der Waals surface area contributed by atoms with E-state index in [-0.39, 0.29) is 5.91 Å². The molecule has 0 aliphatic carbocycles. The van der Waals surface area contributed by atoms with Crippen molar-refractivity contribution < 1.29 is 4.79 Å². The normalized spacial score (nSPS) is 15.1. The number of thiophene rings is 1. The van der Waals surface area contributed by atoms with Gasteiger partial charge in [0, 0.05) is 29.1 Å². The molecule has 1 aromatic carbocycles. The summed E-state index contributed by atoms with van der Waals surface area (Å²) in [5.41, 5.74) is 2.18. The Hall–Kier alpha value is -1.63. The molecule has 1 amide bonds. The Balaban J connectivity index is 1.57. The van der Waals surface area contributed by atoms with Crippen LogP contribution in [0.1, 0.15) is 25.7 Å². The van der Waals surface area contributed by atoms with E-state index in [0.717, 1.165) is 52.3 Å². The monoisotopic (exact) mass is 417 g/mol. The number of nitrogens with zero attached hydrogens (tertiary/aromatic N) is 3. The van der Waals surface area contributed by atoms with Crippen molar-refractivity contribution in [2.24, 2.45) is 0 Å². The highest BCUT2D eigenvalue weighted by Crippen LogP contribution is 2.38. The van der Waals surface area contributed by atoms with Crippen LogP contribution in [0.2, 0.25) is 5.02 Å². The summed E-state index contributed by atoms with van der Waals surface area (Å²) in [6.45, 7) is 1.76. The first-order valence-corrected chi connectivity index (χ1v) is 11.4. The number of likely N-dealkylation sites (tertiary alicyclic amines) is 1. The molecule has 0 N–H and O–H groups in total. The van der Waals surface area contributed by atoms with E-state index >= 15 is 0 Å². The molecule has 0 bridgehead atoms. The standard InChI is InChI=1S/C20H20ClN3OS2/c21-15-7-5-14(6-8-15)16-11-26-19-18(16)20(23-13-22-19)27-12-17(25)24-9-3-1-2-4-10-24/h5-8,11,13H,1-4,9-10,12H2. The molecule has 0 atom stereocenters. The number of fused-ring (bicyclic) bond motifs is 1. The molecule has 1 aliphatic rings. The topological polar surface area (TPSA) is 46.1 Å². The highest BCUT2D eigenvalue weighted by atomic mass is 35.5. The van der Waals surface area contributed by atoms with Crippen molar-refractivity contribution in [3.8, 4) is 11.1 Å². The van der Waals surface area contributed by atoms with E-state index < -0.39 is 0 Å². The lowest BCUT2D eigenvalue weighted by Crippen LogP contribution is -2.33. The molecular weight excluding hydrogens is 398 g/mol. The third-order valence-corrected chi connectivity index (χ3v) is 6.89. The van der Waals surface area contributed by atoms with Crippen LogP contribution in [0, 0.1) is 0 Å². The minimum absolute atomic E-state index is 0.205. The SMILES string of the molecule is O=C(CSc1ncnc2scc(-c3ccc(Cl)cc3)c12)N1CCCCCC1. The molecule has 0 saturated carbocycles. The molecule has 3 heterocycles. The quantitative estimate of drug-likeness (QED) is 0.415. The summed E-state index contributed by atoms with van der Waals surface area (Å²) in [6.07, 6.45) is 6.26. The molecule has 1 saturated heterocycles. The van der Waals surface area contributed by atoms with Crippen molar-refractivity contribution in [3.05, 3.63) is 41.0 Å². The predicted molar refractivity (Wildman–Crippen MR) is 114 cm³/mol. The van der Waals surface area contributed by atoms with Crippen LogP contribution in [-0.2, 0) is 4.79 Å². The zero-order valence-corrected chi connectivity index (χ0v) is 17.2. The van der Waals surface area contributed by atoms with Gasteiger partial charge in [0.2, 0.25) is 5.91 Å². The molecule has 27 heavy (non-hydrogen) atoms. The lowest BCUT2D eigenvalue weighted by atomic mass is 10.1. The molecule has 7 heteroatoms. The number of carbonyl (C=O) groups excluding carboxylic acids is 1. The molecule has 2 aromatic heterocycles. The number of aromatic nitrogens is 2. The number of hydrogen-bond acceptors (Lipinski definition) is 5. The van der Waals surface area contributed by atoms with Crippen molar-refractivity contribution >= 4 is 50.8 Å². The number of hydrogen-bond donors (Lipinski definition) is 0. The Morgan fingerprint density at radius 1 is 1.11 bits per heavy atom. The Labute approximate surface area is 172 Å². The van der Waals surface area contributed by atoms with Crippen LogP contribution in [0.3, 0.4) is 0 Å². The minimum Gasteiger partial charge on any atom is -0.342 e. The second-order valence-corrected chi connectivity index (χ2v) is 8.86. The van der Waals surface area contributed by atoms with Gasteiger partial charge in [-0.1, -0.05) is 48.3 Å². The number of thioether (sulfide) groups is 1. The third-order valence-electron chi connectivity index (χ3n) is 4.78. The number of benzene rings is 1. The van der Waals surface area contributed by atoms with Crippen LogP contribution in [0.5, 0.6) is 0 Å². The summed E-state index contributed by atoms with van der Waals surface area (Å²) in [6, 6.07) is 7.79. The van der Waals surface area contributed by atoms with Gasteiger partial charge in [-0.3, -0.25) is 4.79 Å². The maximum atomic E-state index is 12.6. The van der Waals surface area contributed by atoms with Gasteiger partial charge in [0.05, 0.1) is 11.1 Å². The van der Waals surface area contributed by atoms with Crippen LogP contribution in [-0.4, -0.2) is 39.6 Å². The van der Waals surface area contributed by atoms with Gasteiger partial charge in [0.25, 0.3) is 0 Å². The fourth-order valence-corrected chi connectivity index (χ4v) is 5.36. The first kappa shape index (κ1) is 18.7. The maximum Gasteiger partial charge on any atom is 0.232 e. The molecule has 140 valence electrons. The number of rotatable bonds is 4. The van der Waals surface area contributed by atoms with Crippen molar-refractivity contribution in [2.45, 2.75) is 30.7 Å². The summed E-state index contributed by atoms with van der Waals surface area (Å²) in [5.74, 6) is 0.624. The van der Waals surface area contributed by atoms with Gasteiger partial charge in [0.15, 0.2) is 0 Å². The van der Waals surface area contributed by atoms with Gasteiger partial charge in [-0.2, -0.15) is 0 Å². The number of carbonyl (C=O) groups is 1. The third kappa shape index (κ3) is 4.28. The van der Waals surface area contributed by atoms with E-state index in [4.69, 9.17) is 11.6 Å². The van der Waals surface area contributed by atoms with Gasteiger partial charge in [-0.15, -0.1) is 11.3 Å². The highest BCUT2D eigenvalue weighted by Gasteiger charge is 2.18. The molecule has 1 fully saturated rings. The Morgan fingerprint density at radius 3 is 2.59 bits per heavy atom. The molecule has 1 aliphatic heterocycles. The predicted octanol–water partition coefficient (Wildman–Crippen LogP) is 5.51. The van der Waals surface area contributed by atoms with E-state index in [1.165, 1.54) is 24.6 Å². The average Bonchev–Trinajstić information content (AvgIpc) is 2.94. The van der Waals surface area contributed by atoms with Crippen molar-refractivity contribution in [3.63, 3.8) is 0 Å². The summed E-state index contributed by atoms with van der Waals surface area (Å²) in [4.78, 5) is 24.5. The van der Waals surface area contributed by atoms with Crippen molar-refractivity contribution in [1.29, 1.82) is 0 Å². The van der Waals surface area contributed by atoms with E-state index in [1.54, 1.807) is 17.7 Å². The molecular formula is C20H20ClN3OS2. The van der Waals surface area contributed by atoms with E-state index in [2.05, 4.69) is 15.3 Å². The minimum atomic E-state index is 0.205. The lowest BCUT2D eigenvalue weighted by molar-refractivity contribution is -0.128. The van der Waals surface area contributed by atoms with Gasteiger partial charge >= 0.3 is 0 Å². The van der Waals surface area contributed by atoms with Crippen LogP contribution < -0.4 is 0 Å². The summed E-state index contributed by atoms with van der Waals surface area (Å²) < 4.78 is 0. The largest absolute Gasteiger partial charge is 0.342 e. The Bertz CT molecular complexity index is 934. The van der Waals surface area contributed by atoms with Gasteiger partial charge in [0.1, 0.15) is 16.2 Å². The zero-order valence-electron chi connectivity index (χ0n) is 14.9. The average molecular weight is 418 g/mol. The zero-order chi connectivity index (χ0) is 18.6. The second-order valence-electron chi connectivity index (χ2n) is 6.60. The summed E-state index contributed by atoms with van der Waals surface area (Å²) >= 11 is 9.14. The molecule has 4 nitrogen and oxygen atoms in total. The maximum absolute atomic E-state index is 12.6. The van der Waals surface area contributed by atoms with Crippen LogP contribution in [0.25, 0.3) is 21.3 Å². The van der Waals surface area contributed by atoms with Crippen molar-refractivity contribution in [1.82, 2.24) is 14.9 Å². The number of amides is 1. The second kappa shape index (κ2) is 8.59. The van der Waals surface area contributed by atoms with Crippen LogP contribution in [0.4, 0.5) is 0 Å². The Kier molecular flexibility index (Phi) is 5.95.